The normalized spacial score (nSPS) is 15.4. The van der Waals surface area contributed by atoms with Crippen LogP contribution in [0, 0.1) is 0 Å². The maximum absolute atomic E-state index is 12.2. The number of hydrogen-bond donors (Lipinski definition) is 1. The minimum atomic E-state index is -0.304. The maximum atomic E-state index is 12.2. The Labute approximate surface area is 128 Å². The molecule has 114 valence electrons. The largest absolute Gasteiger partial charge is 0.459 e. The van der Waals surface area contributed by atoms with E-state index in [-0.39, 0.29) is 18.0 Å². The summed E-state index contributed by atoms with van der Waals surface area (Å²) in [6, 6.07) is 1.86. The van der Waals surface area contributed by atoms with Gasteiger partial charge in [0.1, 0.15) is 0 Å². The molecular weight excluding hydrogens is 288 g/mol. The zero-order valence-electron chi connectivity index (χ0n) is 12.7. The standard InChI is InChI=1S/C15H20N2O3S/c1-5-10-6-12(15(19)20-9(2)3)14-17(10)11(8-21-14)7-13(18)16-4/h6-7,9H,5,8H2,1-4H3,(H,16,18). The summed E-state index contributed by atoms with van der Waals surface area (Å²) in [6.45, 7) is 5.69. The van der Waals surface area contributed by atoms with Gasteiger partial charge in [0.05, 0.1) is 16.7 Å². The number of fused-ring (bicyclic) bond motifs is 1. The van der Waals surface area contributed by atoms with Crippen LogP contribution in [0.5, 0.6) is 0 Å². The van der Waals surface area contributed by atoms with Gasteiger partial charge in [-0.1, -0.05) is 6.92 Å². The lowest BCUT2D eigenvalue weighted by Crippen LogP contribution is -2.16. The molecule has 0 fully saturated rings. The van der Waals surface area contributed by atoms with E-state index in [9.17, 15) is 9.59 Å². The summed E-state index contributed by atoms with van der Waals surface area (Å²) in [5.74, 6) is 0.237. The van der Waals surface area contributed by atoms with Gasteiger partial charge in [0.2, 0.25) is 5.91 Å². The number of hydrogen-bond acceptors (Lipinski definition) is 4. The first-order valence-electron chi connectivity index (χ1n) is 6.99. The van der Waals surface area contributed by atoms with Crippen molar-refractivity contribution in [2.75, 3.05) is 12.8 Å². The highest BCUT2D eigenvalue weighted by atomic mass is 32.2. The minimum absolute atomic E-state index is 0.138. The Morgan fingerprint density at radius 2 is 2.24 bits per heavy atom. The van der Waals surface area contributed by atoms with Gasteiger partial charge in [0.15, 0.2) is 0 Å². The van der Waals surface area contributed by atoms with Gasteiger partial charge in [-0.25, -0.2) is 4.79 Å². The molecule has 0 aliphatic carbocycles. The van der Waals surface area contributed by atoms with Crippen LogP contribution in [-0.2, 0) is 16.0 Å². The molecule has 0 unspecified atom stereocenters. The van der Waals surface area contributed by atoms with E-state index in [0.717, 1.165) is 22.8 Å². The predicted molar refractivity (Wildman–Crippen MR) is 83.4 cm³/mol. The van der Waals surface area contributed by atoms with Gasteiger partial charge < -0.3 is 14.6 Å². The fraction of sp³-hybridized carbons (Fsp3) is 0.467. The van der Waals surface area contributed by atoms with Crippen LogP contribution in [0.4, 0.5) is 0 Å². The second-order valence-corrected chi connectivity index (χ2v) is 6.00. The summed E-state index contributed by atoms with van der Waals surface area (Å²) in [4.78, 5) is 23.7. The molecular formula is C15H20N2O3S. The first-order valence-corrected chi connectivity index (χ1v) is 7.97. The number of nitrogens with one attached hydrogen (secondary N) is 1. The zero-order valence-corrected chi connectivity index (χ0v) is 13.5. The van der Waals surface area contributed by atoms with Crippen molar-refractivity contribution < 1.29 is 14.3 Å². The quantitative estimate of drug-likeness (QED) is 0.685. The number of rotatable bonds is 4. The Balaban J connectivity index is 2.42. The first-order chi connectivity index (χ1) is 9.97. The SMILES string of the molecule is CCc1cc(C(=O)OC(C)C)c2n1C(=CC(=O)NC)CS2. The smallest absolute Gasteiger partial charge is 0.341 e. The van der Waals surface area contributed by atoms with Crippen LogP contribution < -0.4 is 5.32 Å². The maximum Gasteiger partial charge on any atom is 0.341 e. The Morgan fingerprint density at radius 3 is 2.81 bits per heavy atom. The number of carbonyl (C=O) groups excluding carboxylic acids is 2. The summed E-state index contributed by atoms with van der Waals surface area (Å²) in [7, 11) is 1.60. The summed E-state index contributed by atoms with van der Waals surface area (Å²) in [5.41, 5.74) is 2.50. The number of aryl methyl sites for hydroxylation is 1. The topological polar surface area (TPSA) is 60.3 Å². The molecule has 6 heteroatoms. The third-order valence-corrected chi connectivity index (χ3v) is 4.26. The zero-order chi connectivity index (χ0) is 15.6. The molecule has 1 aliphatic rings. The van der Waals surface area contributed by atoms with E-state index in [2.05, 4.69) is 5.32 Å². The van der Waals surface area contributed by atoms with Gasteiger partial charge in [0, 0.05) is 30.3 Å². The Hall–Kier alpha value is -1.69. The summed E-state index contributed by atoms with van der Waals surface area (Å²) < 4.78 is 7.29. The van der Waals surface area contributed by atoms with Crippen LogP contribution >= 0.6 is 11.8 Å². The predicted octanol–water partition coefficient (Wildman–Crippen LogP) is 2.31. The van der Waals surface area contributed by atoms with Crippen LogP contribution in [0.1, 0.15) is 36.8 Å². The highest BCUT2D eigenvalue weighted by Crippen LogP contribution is 2.39. The number of ether oxygens (including phenoxy) is 1. The van der Waals surface area contributed by atoms with Crippen LogP contribution in [0.15, 0.2) is 17.2 Å². The van der Waals surface area contributed by atoms with E-state index in [4.69, 9.17) is 4.74 Å². The third kappa shape index (κ3) is 3.15. The molecule has 21 heavy (non-hydrogen) atoms. The monoisotopic (exact) mass is 308 g/mol. The Bertz CT molecular complexity index is 602. The molecule has 0 saturated carbocycles. The molecule has 0 radical (unpaired) electrons. The fourth-order valence-electron chi connectivity index (χ4n) is 2.22. The lowest BCUT2D eigenvalue weighted by atomic mass is 10.2. The van der Waals surface area contributed by atoms with Crippen LogP contribution in [-0.4, -0.2) is 35.3 Å². The van der Waals surface area contributed by atoms with Gasteiger partial charge in [-0.15, -0.1) is 11.8 Å². The second kappa shape index (κ2) is 6.39. The van der Waals surface area contributed by atoms with Crippen molar-refractivity contribution in [3.63, 3.8) is 0 Å². The van der Waals surface area contributed by atoms with Gasteiger partial charge in [-0.2, -0.15) is 0 Å². The fourth-order valence-corrected chi connectivity index (χ4v) is 3.38. The van der Waals surface area contributed by atoms with E-state index >= 15 is 0 Å². The van der Waals surface area contributed by atoms with Gasteiger partial charge >= 0.3 is 5.97 Å². The van der Waals surface area contributed by atoms with Crippen molar-refractivity contribution in [3.05, 3.63) is 23.4 Å². The van der Waals surface area contributed by atoms with Crippen molar-refractivity contribution in [1.82, 2.24) is 9.88 Å². The number of nitrogens with zero attached hydrogens (tertiary/aromatic N) is 1. The highest BCUT2D eigenvalue weighted by molar-refractivity contribution is 8.00. The van der Waals surface area contributed by atoms with Gasteiger partial charge in [0.25, 0.3) is 0 Å². The first kappa shape index (κ1) is 15.7. The Kier molecular flexibility index (Phi) is 4.77. The lowest BCUT2D eigenvalue weighted by Gasteiger charge is -2.07. The van der Waals surface area contributed by atoms with Crippen LogP contribution in [0.25, 0.3) is 5.70 Å². The number of carbonyl (C=O) groups is 2. The van der Waals surface area contributed by atoms with Gasteiger partial charge in [-0.05, 0) is 26.3 Å². The number of thioether (sulfide) groups is 1. The van der Waals surface area contributed by atoms with E-state index in [0.29, 0.717) is 11.3 Å². The average Bonchev–Trinajstić information content (AvgIpc) is 2.98. The van der Waals surface area contributed by atoms with E-state index in [1.807, 2.05) is 31.4 Å². The van der Waals surface area contributed by atoms with E-state index in [1.165, 1.54) is 0 Å². The third-order valence-electron chi connectivity index (χ3n) is 3.14. The molecule has 0 saturated heterocycles. The molecule has 0 aromatic carbocycles. The summed E-state index contributed by atoms with van der Waals surface area (Å²) in [5, 5.41) is 3.45. The molecule has 0 spiro atoms. The van der Waals surface area contributed by atoms with Crippen molar-refractivity contribution >= 4 is 29.3 Å². The number of aromatic nitrogens is 1. The van der Waals surface area contributed by atoms with Crippen molar-refractivity contribution in [1.29, 1.82) is 0 Å². The molecule has 2 rings (SSSR count). The average molecular weight is 308 g/mol. The van der Waals surface area contributed by atoms with E-state index in [1.54, 1.807) is 24.9 Å². The van der Waals surface area contributed by atoms with Gasteiger partial charge in [-0.3, -0.25) is 4.79 Å². The summed E-state index contributed by atoms with van der Waals surface area (Å²) in [6.07, 6.45) is 2.22. The van der Waals surface area contributed by atoms with Crippen molar-refractivity contribution in [2.45, 2.75) is 38.3 Å². The van der Waals surface area contributed by atoms with Crippen molar-refractivity contribution in [3.8, 4) is 0 Å². The van der Waals surface area contributed by atoms with Crippen LogP contribution in [0.3, 0.4) is 0 Å². The molecule has 1 aliphatic heterocycles. The number of amides is 1. The van der Waals surface area contributed by atoms with Crippen LogP contribution in [0.2, 0.25) is 0 Å². The molecule has 2 heterocycles. The summed E-state index contributed by atoms with van der Waals surface area (Å²) >= 11 is 1.56. The molecule has 5 nitrogen and oxygen atoms in total. The molecule has 1 aromatic rings. The van der Waals surface area contributed by atoms with Crippen molar-refractivity contribution in [2.24, 2.45) is 0 Å². The van der Waals surface area contributed by atoms with E-state index < -0.39 is 0 Å². The minimum Gasteiger partial charge on any atom is -0.459 e. The molecule has 0 atom stereocenters. The Morgan fingerprint density at radius 1 is 1.52 bits per heavy atom. The molecule has 0 bridgehead atoms. The number of esters is 1. The molecule has 1 aromatic heterocycles. The molecule has 1 N–H and O–H groups in total. The number of likely N-dealkylation sites (N-methyl/N-ethyl adjacent to an activating group) is 1. The lowest BCUT2D eigenvalue weighted by molar-refractivity contribution is -0.116. The second-order valence-electron chi connectivity index (χ2n) is 5.04. The molecule has 1 amide bonds. The highest BCUT2D eigenvalue weighted by Gasteiger charge is 2.28.